The Morgan fingerprint density at radius 3 is 2.28 bits per heavy atom. The van der Waals surface area contributed by atoms with Crippen molar-refractivity contribution in [1.82, 2.24) is 8.61 Å². The number of amidine groups is 1. The van der Waals surface area contributed by atoms with E-state index in [0.29, 0.717) is 13.1 Å². The summed E-state index contributed by atoms with van der Waals surface area (Å²) in [6.07, 6.45) is 4.05. The first kappa shape index (κ1) is 15.4. The average Bonchev–Trinajstić information content (AvgIpc) is 2.57. The van der Waals surface area contributed by atoms with E-state index in [0.717, 1.165) is 25.7 Å². The van der Waals surface area contributed by atoms with Crippen LogP contribution < -0.4 is 5.73 Å². The zero-order chi connectivity index (χ0) is 13.8. The number of nitrogens with zero attached hydrogens (tertiary/aromatic N) is 2. The lowest BCUT2D eigenvalue weighted by Gasteiger charge is -2.27. The Morgan fingerprint density at radius 1 is 1.33 bits per heavy atom. The fourth-order valence-corrected chi connectivity index (χ4v) is 3.57. The second kappa shape index (κ2) is 6.49. The molecule has 6 nitrogen and oxygen atoms in total. The van der Waals surface area contributed by atoms with Gasteiger partial charge in [0, 0.05) is 32.6 Å². The molecule has 1 aliphatic rings. The third-order valence-electron chi connectivity index (χ3n) is 3.35. The van der Waals surface area contributed by atoms with Crippen LogP contribution in [0, 0.1) is 11.3 Å². The van der Waals surface area contributed by atoms with Crippen molar-refractivity contribution in [1.29, 1.82) is 5.41 Å². The van der Waals surface area contributed by atoms with Crippen molar-refractivity contribution < 1.29 is 8.42 Å². The Labute approximate surface area is 110 Å². The average molecular weight is 276 g/mol. The predicted molar refractivity (Wildman–Crippen MR) is 72.7 cm³/mol. The van der Waals surface area contributed by atoms with Gasteiger partial charge in [0.05, 0.1) is 5.84 Å². The van der Waals surface area contributed by atoms with Crippen LogP contribution in [0.1, 0.15) is 32.6 Å². The summed E-state index contributed by atoms with van der Waals surface area (Å²) in [5.74, 6) is -0.232. The Kier molecular flexibility index (Phi) is 5.55. The zero-order valence-corrected chi connectivity index (χ0v) is 12.0. The summed E-state index contributed by atoms with van der Waals surface area (Å²) in [4.78, 5) is 0. The van der Waals surface area contributed by atoms with Crippen LogP contribution in [-0.2, 0) is 10.2 Å². The SMILES string of the molecule is CC(CN(C)S(=O)(=O)N1CCCCCC1)C(=N)N. The van der Waals surface area contributed by atoms with Crippen LogP contribution >= 0.6 is 0 Å². The molecule has 1 atom stereocenters. The third-order valence-corrected chi connectivity index (χ3v) is 5.30. The van der Waals surface area contributed by atoms with Crippen molar-refractivity contribution in [2.24, 2.45) is 11.7 Å². The van der Waals surface area contributed by atoms with E-state index in [1.54, 1.807) is 18.3 Å². The molecule has 0 aliphatic carbocycles. The molecule has 1 fully saturated rings. The van der Waals surface area contributed by atoms with E-state index in [1.807, 2.05) is 0 Å². The molecule has 1 aliphatic heterocycles. The Morgan fingerprint density at radius 2 is 1.83 bits per heavy atom. The molecule has 1 heterocycles. The van der Waals surface area contributed by atoms with Gasteiger partial charge in [-0.25, -0.2) is 0 Å². The van der Waals surface area contributed by atoms with Crippen LogP contribution in [-0.4, -0.2) is 49.5 Å². The monoisotopic (exact) mass is 276 g/mol. The Balaban J connectivity index is 2.68. The molecule has 0 aromatic rings. The van der Waals surface area contributed by atoms with Gasteiger partial charge in [0.2, 0.25) is 0 Å². The summed E-state index contributed by atoms with van der Waals surface area (Å²) >= 11 is 0. The lowest BCUT2D eigenvalue weighted by atomic mass is 10.2. The quantitative estimate of drug-likeness (QED) is 0.569. The summed E-state index contributed by atoms with van der Waals surface area (Å²) in [5, 5.41) is 7.32. The third kappa shape index (κ3) is 3.93. The summed E-state index contributed by atoms with van der Waals surface area (Å²) in [6.45, 7) is 3.22. The van der Waals surface area contributed by atoms with Crippen molar-refractivity contribution in [2.75, 3.05) is 26.7 Å². The molecule has 1 unspecified atom stereocenters. The maximum atomic E-state index is 12.3. The van der Waals surface area contributed by atoms with Gasteiger partial charge in [-0.15, -0.1) is 0 Å². The predicted octanol–water partition coefficient (Wildman–Crippen LogP) is 0.611. The molecule has 0 aromatic carbocycles. The molecule has 18 heavy (non-hydrogen) atoms. The standard InChI is InChI=1S/C11H24N4O2S/c1-10(11(12)13)9-14(2)18(16,17)15-7-5-3-4-6-8-15/h10H,3-9H2,1-2H3,(H3,12,13). The lowest BCUT2D eigenvalue weighted by Crippen LogP contribution is -2.45. The molecule has 7 heteroatoms. The summed E-state index contributed by atoms with van der Waals surface area (Å²) in [5.41, 5.74) is 5.38. The highest BCUT2D eigenvalue weighted by Crippen LogP contribution is 2.16. The highest BCUT2D eigenvalue weighted by Gasteiger charge is 2.28. The van der Waals surface area contributed by atoms with Crippen molar-refractivity contribution >= 4 is 16.0 Å². The minimum Gasteiger partial charge on any atom is -0.387 e. The van der Waals surface area contributed by atoms with Gasteiger partial charge >= 0.3 is 0 Å². The van der Waals surface area contributed by atoms with Crippen LogP contribution in [0.3, 0.4) is 0 Å². The molecule has 0 aromatic heterocycles. The molecule has 1 rings (SSSR count). The minimum absolute atomic E-state index is 0.0212. The second-order valence-corrected chi connectivity index (χ2v) is 6.99. The van der Waals surface area contributed by atoms with Gasteiger partial charge < -0.3 is 5.73 Å². The molecule has 0 bridgehead atoms. The maximum Gasteiger partial charge on any atom is 0.281 e. The van der Waals surface area contributed by atoms with E-state index in [4.69, 9.17) is 11.1 Å². The second-order valence-electron chi connectivity index (χ2n) is 4.96. The van der Waals surface area contributed by atoms with Gasteiger partial charge in [0.15, 0.2) is 0 Å². The number of hydrogen-bond acceptors (Lipinski definition) is 3. The molecule has 0 radical (unpaired) electrons. The summed E-state index contributed by atoms with van der Waals surface area (Å²) < 4.78 is 27.5. The highest BCUT2D eigenvalue weighted by atomic mass is 32.2. The topological polar surface area (TPSA) is 90.5 Å². The Hall–Kier alpha value is -0.660. The molecule has 0 amide bonds. The van der Waals surface area contributed by atoms with E-state index in [9.17, 15) is 8.42 Å². The van der Waals surface area contributed by atoms with E-state index >= 15 is 0 Å². The van der Waals surface area contributed by atoms with Crippen molar-refractivity contribution in [2.45, 2.75) is 32.6 Å². The summed E-state index contributed by atoms with van der Waals surface area (Å²) in [7, 11) is -1.84. The number of hydrogen-bond donors (Lipinski definition) is 2. The van der Waals surface area contributed by atoms with E-state index < -0.39 is 10.2 Å². The van der Waals surface area contributed by atoms with Gasteiger partial charge in [0.25, 0.3) is 10.2 Å². The van der Waals surface area contributed by atoms with Crippen LogP contribution in [0.15, 0.2) is 0 Å². The molecular formula is C11H24N4O2S. The maximum absolute atomic E-state index is 12.3. The minimum atomic E-state index is -3.40. The first-order chi connectivity index (χ1) is 8.35. The van der Waals surface area contributed by atoms with E-state index in [2.05, 4.69) is 0 Å². The molecule has 3 N–H and O–H groups in total. The van der Waals surface area contributed by atoms with Crippen molar-refractivity contribution in [3.63, 3.8) is 0 Å². The van der Waals surface area contributed by atoms with Crippen LogP contribution in [0.5, 0.6) is 0 Å². The van der Waals surface area contributed by atoms with E-state index in [-0.39, 0.29) is 18.3 Å². The zero-order valence-electron chi connectivity index (χ0n) is 11.2. The summed E-state index contributed by atoms with van der Waals surface area (Å²) in [6, 6.07) is 0. The van der Waals surface area contributed by atoms with Crippen molar-refractivity contribution in [3.05, 3.63) is 0 Å². The van der Waals surface area contributed by atoms with Gasteiger partial charge in [-0.2, -0.15) is 17.0 Å². The molecule has 0 spiro atoms. The van der Waals surface area contributed by atoms with Gasteiger partial charge in [-0.1, -0.05) is 19.8 Å². The lowest BCUT2D eigenvalue weighted by molar-refractivity contribution is 0.357. The molecule has 0 saturated carbocycles. The number of nitrogens with two attached hydrogens (primary N) is 1. The van der Waals surface area contributed by atoms with Gasteiger partial charge in [0.1, 0.15) is 0 Å². The first-order valence-corrected chi connectivity index (χ1v) is 7.80. The van der Waals surface area contributed by atoms with Crippen molar-refractivity contribution in [3.8, 4) is 0 Å². The molecule has 1 saturated heterocycles. The smallest absolute Gasteiger partial charge is 0.281 e. The van der Waals surface area contributed by atoms with E-state index in [1.165, 1.54) is 4.31 Å². The normalized spacial score (nSPS) is 20.6. The number of nitrogens with one attached hydrogen (secondary N) is 1. The first-order valence-electron chi connectivity index (χ1n) is 6.41. The Bertz CT molecular complexity index is 375. The fraction of sp³-hybridized carbons (Fsp3) is 0.909. The molecular weight excluding hydrogens is 252 g/mol. The van der Waals surface area contributed by atoms with Gasteiger partial charge in [-0.05, 0) is 12.8 Å². The fourth-order valence-electron chi connectivity index (χ4n) is 2.05. The van der Waals surface area contributed by atoms with Crippen LogP contribution in [0.4, 0.5) is 0 Å². The molecule has 106 valence electrons. The number of rotatable bonds is 5. The largest absolute Gasteiger partial charge is 0.387 e. The van der Waals surface area contributed by atoms with Crippen LogP contribution in [0.2, 0.25) is 0 Å². The van der Waals surface area contributed by atoms with Crippen LogP contribution in [0.25, 0.3) is 0 Å². The van der Waals surface area contributed by atoms with Gasteiger partial charge in [-0.3, -0.25) is 5.41 Å². The highest BCUT2D eigenvalue weighted by molar-refractivity contribution is 7.86.